The summed E-state index contributed by atoms with van der Waals surface area (Å²) in [6, 6.07) is 11.0. The third-order valence-corrected chi connectivity index (χ3v) is 7.21. The Morgan fingerprint density at radius 2 is 2.07 bits per heavy atom. The van der Waals surface area contributed by atoms with Gasteiger partial charge in [0.1, 0.15) is 0 Å². The molecule has 5 rings (SSSR count). The summed E-state index contributed by atoms with van der Waals surface area (Å²) in [6.45, 7) is 1.79. The van der Waals surface area contributed by atoms with Crippen LogP contribution in [-0.2, 0) is 11.2 Å². The van der Waals surface area contributed by atoms with Gasteiger partial charge in [0.2, 0.25) is 0 Å². The van der Waals surface area contributed by atoms with Gasteiger partial charge in [-0.05, 0) is 49.4 Å². The highest BCUT2D eigenvalue weighted by Gasteiger charge is 2.65. The van der Waals surface area contributed by atoms with Gasteiger partial charge in [0.25, 0.3) is 0 Å². The number of aromatic nitrogens is 2. The summed E-state index contributed by atoms with van der Waals surface area (Å²) < 4.78 is 7.98. The van der Waals surface area contributed by atoms with E-state index in [-0.39, 0.29) is 24.0 Å². The first-order valence-corrected chi connectivity index (χ1v) is 11.0. The van der Waals surface area contributed by atoms with E-state index < -0.39 is 0 Å². The molecule has 1 saturated heterocycles. The zero-order valence-electron chi connectivity index (χ0n) is 17.6. The SMILES string of the molecule is CN=C(NCCc1ccc(-n2cccn2)cc1)NC1C2CCOC2C12CCCC2.I. The van der Waals surface area contributed by atoms with Crippen LogP contribution >= 0.6 is 24.0 Å². The van der Waals surface area contributed by atoms with Gasteiger partial charge in [0.05, 0.1) is 11.8 Å². The average molecular weight is 521 g/mol. The molecule has 2 heterocycles. The van der Waals surface area contributed by atoms with Crippen molar-refractivity contribution in [1.29, 1.82) is 0 Å². The second-order valence-corrected chi connectivity index (χ2v) is 8.67. The van der Waals surface area contributed by atoms with Crippen molar-refractivity contribution in [2.75, 3.05) is 20.2 Å². The fourth-order valence-electron chi connectivity index (χ4n) is 5.81. The number of nitrogens with one attached hydrogen (secondary N) is 2. The predicted molar refractivity (Wildman–Crippen MR) is 130 cm³/mol. The van der Waals surface area contributed by atoms with Gasteiger partial charge in [-0.15, -0.1) is 24.0 Å². The first-order valence-electron chi connectivity index (χ1n) is 11.0. The van der Waals surface area contributed by atoms with E-state index in [4.69, 9.17) is 4.74 Å². The molecule has 6 nitrogen and oxygen atoms in total. The highest BCUT2D eigenvalue weighted by Crippen LogP contribution is 2.60. The Kier molecular flexibility index (Phi) is 6.67. The Balaban J connectivity index is 0.00000218. The molecule has 7 heteroatoms. The third kappa shape index (κ3) is 3.86. The number of guanidine groups is 1. The Bertz CT molecular complexity index is 845. The van der Waals surface area contributed by atoms with Crippen molar-refractivity contribution in [3.63, 3.8) is 0 Å². The van der Waals surface area contributed by atoms with Crippen molar-refractivity contribution in [3.8, 4) is 5.69 Å². The number of aliphatic imine (C=N–C) groups is 1. The molecule has 1 aromatic heterocycles. The largest absolute Gasteiger partial charge is 0.377 e. The molecule has 2 N–H and O–H groups in total. The first kappa shape index (κ1) is 21.6. The van der Waals surface area contributed by atoms with Gasteiger partial charge >= 0.3 is 0 Å². The van der Waals surface area contributed by atoms with E-state index in [9.17, 15) is 0 Å². The normalized spacial score (nSPS) is 26.7. The van der Waals surface area contributed by atoms with Crippen molar-refractivity contribution < 1.29 is 4.74 Å². The molecule has 2 saturated carbocycles. The molecule has 3 atom stereocenters. The minimum atomic E-state index is 0. The zero-order chi connectivity index (χ0) is 19.7. The lowest BCUT2D eigenvalue weighted by molar-refractivity contribution is -0.125. The summed E-state index contributed by atoms with van der Waals surface area (Å²) in [4.78, 5) is 4.50. The number of fused-ring (bicyclic) bond motifs is 2. The van der Waals surface area contributed by atoms with Crippen LogP contribution in [0.3, 0.4) is 0 Å². The molecule has 1 aromatic carbocycles. The number of hydrogen-bond acceptors (Lipinski definition) is 3. The Hall–Kier alpha value is -1.61. The maximum atomic E-state index is 6.10. The molecule has 1 spiro atoms. The minimum Gasteiger partial charge on any atom is -0.377 e. The highest BCUT2D eigenvalue weighted by atomic mass is 127. The standard InChI is InChI=1S/C23H31N5O.HI/c1-24-22(27-20-19-10-16-29-21(19)23(20)11-2-3-12-23)25-14-9-17-5-7-18(8-6-17)28-15-4-13-26-28;/h4-8,13,15,19-21H,2-3,9-12,14,16H2,1H3,(H2,24,25,27);1H. The van der Waals surface area contributed by atoms with Gasteiger partial charge in [-0.3, -0.25) is 4.99 Å². The number of ether oxygens (including phenoxy) is 1. The van der Waals surface area contributed by atoms with Crippen molar-refractivity contribution in [1.82, 2.24) is 20.4 Å². The van der Waals surface area contributed by atoms with Crippen LogP contribution in [0.5, 0.6) is 0 Å². The molecule has 1 aliphatic heterocycles. The molecule has 2 aromatic rings. The van der Waals surface area contributed by atoms with Crippen LogP contribution in [0.1, 0.15) is 37.7 Å². The Labute approximate surface area is 195 Å². The summed E-state index contributed by atoms with van der Waals surface area (Å²) in [5.74, 6) is 1.58. The molecule has 0 amide bonds. The molecule has 3 fully saturated rings. The monoisotopic (exact) mass is 521 g/mol. The maximum absolute atomic E-state index is 6.10. The topological polar surface area (TPSA) is 63.5 Å². The van der Waals surface area contributed by atoms with Gasteiger partial charge in [-0.2, -0.15) is 5.10 Å². The lowest BCUT2D eigenvalue weighted by Gasteiger charge is -2.57. The highest BCUT2D eigenvalue weighted by molar-refractivity contribution is 14.0. The molecule has 3 aliphatic rings. The number of rotatable bonds is 5. The van der Waals surface area contributed by atoms with Gasteiger partial charge in [0, 0.05) is 50.0 Å². The minimum absolute atomic E-state index is 0. The summed E-state index contributed by atoms with van der Waals surface area (Å²) in [7, 11) is 1.87. The molecule has 0 radical (unpaired) electrons. The summed E-state index contributed by atoms with van der Waals surface area (Å²) in [6.07, 6.45) is 11.7. The fraction of sp³-hybridized carbons (Fsp3) is 0.565. The third-order valence-electron chi connectivity index (χ3n) is 7.21. The van der Waals surface area contributed by atoms with Crippen LogP contribution in [0.2, 0.25) is 0 Å². The second kappa shape index (κ2) is 9.26. The molecule has 0 bridgehead atoms. The van der Waals surface area contributed by atoms with Gasteiger partial charge < -0.3 is 15.4 Å². The van der Waals surface area contributed by atoms with Crippen LogP contribution in [0, 0.1) is 11.3 Å². The summed E-state index contributed by atoms with van der Waals surface area (Å²) in [5.41, 5.74) is 2.74. The van der Waals surface area contributed by atoms with E-state index in [1.807, 2.05) is 24.0 Å². The van der Waals surface area contributed by atoms with Crippen LogP contribution in [-0.4, -0.2) is 48.1 Å². The maximum Gasteiger partial charge on any atom is 0.191 e. The van der Waals surface area contributed by atoms with E-state index in [2.05, 4.69) is 45.0 Å². The number of nitrogens with zero attached hydrogens (tertiary/aromatic N) is 3. The predicted octanol–water partition coefficient (Wildman–Crippen LogP) is 3.55. The first-order chi connectivity index (χ1) is 14.3. The van der Waals surface area contributed by atoms with E-state index >= 15 is 0 Å². The zero-order valence-corrected chi connectivity index (χ0v) is 19.9. The van der Waals surface area contributed by atoms with Crippen molar-refractivity contribution in [3.05, 3.63) is 48.3 Å². The Morgan fingerprint density at radius 3 is 2.77 bits per heavy atom. The van der Waals surface area contributed by atoms with E-state index in [0.717, 1.165) is 31.2 Å². The molecule has 2 aliphatic carbocycles. The lowest BCUT2D eigenvalue weighted by Crippen LogP contribution is -2.69. The average Bonchev–Trinajstić information content (AvgIpc) is 3.51. The van der Waals surface area contributed by atoms with Gasteiger partial charge in [0.15, 0.2) is 5.96 Å². The van der Waals surface area contributed by atoms with Crippen molar-refractivity contribution in [2.24, 2.45) is 16.3 Å². The van der Waals surface area contributed by atoms with Gasteiger partial charge in [-0.25, -0.2) is 4.68 Å². The summed E-state index contributed by atoms with van der Waals surface area (Å²) >= 11 is 0. The van der Waals surface area contributed by atoms with Crippen LogP contribution in [0.15, 0.2) is 47.7 Å². The Morgan fingerprint density at radius 1 is 1.27 bits per heavy atom. The number of hydrogen-bond donors (Lipinski definition) is 2. The number of halogens is 1. The quantitative estimate of drug-likeness (QED) is 0.359. The lowest BCUT2D eigenvalue weighted by atomic mass is 9.54. The van der Waals surface area contributed by atoms with Crippen LogP contribution < -0.4 is 10.6 Å². The van der Waals surface area contributed by atoms with E-state index in [0.29, 0.717) is 23.5 Å². The van der Waals surface area contributed by atoms with E-state index in [1.165, 1.54) is 37.7 Å². The fourth-order valence-corrected chi connectivity index (χ4v) is 5.81. The second-order valence-electron chi connectivity index (χ2n) is 8.67. The molecular formula is C23H32IN5O. The molecule has 30 heavy (non-hydrogen) atoms. The number of benzene rings is 1. The van der Waals surface area contributed by atoms with Gasteiger partial charge in [-0.1, -0.05) is 25.0 Å². The van der Waals surface area contributed by atoms with E-state index in [1.54, 1.807) is 6.20 Å². The smallest absolute Gasteiger partial charge is 0.191 e. The van der Waals surface area contributed by atoms with Crippen LogP contribution in [0.4, 0.5) is 0 Å². The molecule has 162 valence electrons. The van der Waals surface area contributed by atoms with Crippen molar-refractivity contribution in [2.45, 2.75) is 50.7 Å². The van der Waals surface area contributed by atoms with Crippen molar-refractivity contribution >= 4 is 29.9 Å². The van der Waals surface area contributed by atoms with Crippen LogP contribution in [0.25, 0.3) is 5.69 Å². The molecular weight excluding hydrogens is 489 g/mol. The molecule has 3 unspecified atom stereocenters. The summed E-state index contributed by atoms with van der Waals surface area (Å²) in [5, 5.41) is 11.6.